The van der Waals surface area contributed by atoms with Crippen molar-refractivity contribution in [3.05, 3.63) is 40.3 Å². The van der Waals surface area contributed by atoms with Gasteiger partial charge >= 0.3 is 0 Å². The highest BCUT2D eigenvalue weighted by molar-refractivity contribution is 9.10. The average molecular weight is 443 g/mol. The summed E-state index contributed by atoms with van der Waals surface area (Å²) in [5.74, 6) is 1.20. The molecule has 0 atom stereocenters. The minimum Gasteiger partial charge on any atom is -0.446 e. The molecule has 0 spiro atoms. The topological polar surface area (TPSA) is 85.8 Å². The SMILES string of the molecule is CCn1c(SCC(=O)Nc2cccnc2Cl)nnc1-c1ccc(Br)o1. The van der Waals surface area contributed by atoms with Crippen molar-refractivity contribution in [1.29, 1.82) is 0 Å². The molecule has 0 radical (unpaired) electrons. The van der Waals surface area contributed by atoms with Gasteiger partial charge in [0.2, 0.25) is 11.7 Å². The third kappa shape index (κ3) is 4.23. The minimum absolute atomic E-state index is 0.172. The maximum Gasteiger partial charge on any atom is 0.234 e. The lowest BCUT2D eigenvalue weighted by Gasteiger charge is -2.07. The first-order valence-electron chi connectivity index (χ1n) is 7.30. The zero-order chi connectivity index (χ0) is 17.8. The van der Waals surface area contributed by atoms with Crippen molar-refractivity contribution in [3.63, 3.8) is 0 Å². The molecule has 0 aliphatic rings. The number of aromatic nitrogens is 4. The fourth-order valence-electron chi connectivity index (χ4n) is 2.09. The highest BCUT2D eigenvalue weighted by atomic mass is 79.9. The van der Waals surface area contributed by atoms with Gasteiger partial charge in [0, 0.05) is 12.7 Å². The number of rotatable bonds is 6. The molecule has 10 heteroatoms. The fraction of sp³-hybridized carbons (Fsp3) is 0.200. The number of carbonyl (C=O) groups excluding carboxylic acids is 1. The monoisotopic (exact) mass is 441 g/mol. The zero-order valence-electron chi connectivity index (χ0n) is 13.1. The Morgan fingerprint density at radius 3 is 2.92 bits per heavy atom. The molecular formula is C15H13BrClN5O2S. The van der Waals surface area contributed by atoms with Crippen molar-refractivity contribution >= 4 is 50.9 Å². The molecular weight excluding hydrogens is 430 g/mol. The van der Waals surface area contributed by atoms with Crippen LogP contribution < -0.4 is 5.32 Å². The van der Waals surface area contributed by atoms with Crippen LogP contribution in [0.15, 0.2) is 44.7 Å². The predicted molar refractivity (Wildman–Crippen MR) is 99.7 cm³/mol. The number of halogens is 2. The van der Waals surface area contributed by atoms with E-state index in [9.17, 15) is 4.79 Å². The van der Waals surface area contributed by atoms with Crippen LogP contribution in [-0.2, 0) is 11.3 Å². The molecule has 0 aromatic carbocycles. The number of hydrogen-bond acceptors (Lipinski definition) is 6. The second-order valence-electron chi connectivity index (χ2n) is 4.83. The Kier molecular flexibility index (Phi) is 5.77. The standard InChI is InChI=1S/C15H13BrClN5O2S/c1-2-22-14(10-5-6-11(16)24-10)20-21-15(22)25-8-12(23)19-9-4-3-7-18-13(9)17/h3-7H,2,8H2,1H3,(H,19,23). The highest BCUT2D eigenvalue weighted by Crippen LogP contribution is 2.27. The van der Waals surface area contributed by atoms with E-state index in [0.29, 0.717) is 33.6 Å². The Morgan fingerprint density at radius 1 is 1.40 bits per heavy atom. The maximum atomic E-state index is 12.1. The Bertz CT molecular complexity index is 898. The van der Waals surface area contributed by atoms with Gasteiger partial charge in [0.25, 0.3) is 0 Å². The number of nitrogens with zero attached hydrogens (tertiary/aromatic N) is 4. The molecule has 3 aromatic heterocycles. The first-order valence-corrected chi connectivity index (χ1v) is 9.46. The van der Waals surface area contributed by atoms with Crippen LogP contribution in [0.2, 0.25) is 5.15 Å². The number of carbonyl (C=O) groups is 1. The molecule has 0 aliphatic heterocycles. The lowest BCUT2D eigenvalue weighted by molar-refractivity contribution is -0.113. The van der Waals surface area contributed by atoms with Crippen LogP contribution >= 0.6 is 39.3 Å². The lowest BCUT2D eigenvalue weighted by atomic mass is 10.4. The first kappa shape index (κ1) is 18.0. The van der Waals surface area contributed by atoms with Crippen molar-refractivity contribution in [1.82, 2.24) is 19.7 Å². The smallest absolute Gasteiger partial charge is 0.234 e. The van der Waals surface area contributed by atoms with E-state index in [2.05, 4.69) is 36.4 Å². The Morgan fingerprint density at radius 2 is 2.24 bits per heavy atom. The molecule has 1 amide bonds. The number of anilines is 1. The average Bonchev–Trinajstić information content (AvgIpc) is 3.20. The first-order chi connectivity index (χ1) is 12.1. The molecule has 1 N–H and O–H groups in total. The van der Waals surface area contributed by atoms with Gasteiger partial charge in [0.05, 0.1) is 11.4 Å². The van der Waals surface area contributed by atoms with Crippen LogP contribution in [-0.4, -0.2) is 31.4 Å². The Balaban J connectivity index is 1.68. The number of amides is 1. The second kappa shape index (κ2) is 8.03. The zero-order valence-corrected chi connectivity index (χ0v) is 16.2. The van der Waals surface area contributed by atoms with Gasteiger partial charge in [-0.05, 0) is 47.1 Å². The van der Waals surface area contributed by atoms with Crippen molar-refractivity contribution in [2.45, 2.75) is 18.6 Å². The molecule has 0 aliphatic carbocycles. The highest BCUT2D eigenvalue weighted by Gasteiger charge is 2.17. The molecule has 25 heavy (non-hydrogen) atoms. The number of pyridine rings is 1. The summed E-state index contributed by atoms with van der Waals surface area (Å²) in [4.78, 5) is 16.0. The van der Waals surface area contributed by atoms with Gasteiger partial charge in [-0.1, -0.05) is 23.4 Å². The van der Waals surface area contributed by atoms with Crippen molar-refractivity contribution < 1.29 is 9.21 Å². The van der Waals surface area contributed by atoms with Gasteiger partial charge in [-0.2, -0.15) is 0 Å². The van der Waals surface area contributed by atoms with E-state index < -0.39 is 0 Å². The summed E-state index contributed by atoms with van der Waals surface area (Å²) in [6, 6.07) is 7.00. The summed E-state index contributed by atoms with van der Waals surface area (Å²) >= 11 is 10.5. The molecule has 0 saturated carbocycles. The number of furan rings is 1. The van der Waals surface area contributed by atoms with E-state index in [0.717, 1.165) is 0 Å². The van der Waals surface area contributed by atoms with Crippen LogP contribution in [0.3, 0.4) is 0 Å². The van der Waals surface area contributed by atoms with Crippen LogP contribution in [0.25, 0.3) is 11.6 Å². The number of thioether (sulfide) groups is 1. The molecule has 3 rings (SSSR count). The normalized spacial score (nSPS) is 10.8. The van der Waals surface area contributed by atoms with E-state index in [1.807, 2.05) is 17.6 Å². The maximum absolute atomic E-state index is 12.1. The lowest BCUT2D eigenvalue weighted by Crippen LogP contribution is -2.15. The van der Waals surface area contributed by atoms with E-state index >= 15 is 0 Å². The summed E-state index contributed by atoms with van der Waals surface area (Å²) in [5, 5.41) is 11.9. The molecule has 0 unspecified atom stereocenters. The Labute approximate surface area is 161 Å². The fourth-order valence-corrected chi connectivity index (χ4v) is 3.37. The van der Waals surface area contributed by atoms with E-state index in [1.54, 1.807) is 24.4 Å². The van der Waals surface area contributed by atoms with Crippen molar-refractivity contribution in [3.8, 4) is 11.6 Å². The van der Waals surface area contributed by atoms with E-state index in [1.165, 1.54) is 11.8 Å². The third-order valence-corrected chi connectivity index (χ3v) is 4.89. The number of hydrogen-bond donors (Lipinski definition) is 1. The molecule has 0 saturated heterocycles. The van der Waals surface area contributed by atoms with Gasteiger partial charge in [-0.15, -0.1) is 10.2 Å². The summed E-state index contributed by atoms with van der Waals surface area (Å²) in [5.41, 5.74) is 0.479. The summed E-state index contributed by atoms with van der Waals surface area (Å²) in [6.07, 6.45) is 1.56. The Hall–Kier alpha value is -1.84. The third-order valence-electron chi connectivity index (χ3n) is 3.19. The predicted octanol–water partition coefficient (Wildman–Crippen LogP) is 4.10. The largest absolute Gasteiger partial charge is 0.446 e. The molecule has 0 fully saturated rings. The molecule has 3 aromatic rings. The van der Waals surface area contributed by atoms with Gasteiger partial charge in [0.1, 0.15) is 0 Å². The number of nitrogens with one attached hydrogen (secondary N) is 1. The van der Waals surface area contributed by atoms with E-state index in [-0.39, 0.29) is 16.8 Å². The van der Waals surface area contributed by atoms with Gasteiger partial charge in [0.15, 0.2) is 20.7 Å². The van der Waals surface area contributed by atoms with Gasteiger partial charge in [-0.3, -0.25) is 9.36 Å². The second-order valence-corrected chi connectivity index (χ2v) is 6.91. The van der Waals surface area contributed by atoms with Crippen molar-refractivity contribution in [2.75, 3.05) is 11.1 Å². The van der Waals surface area contributed by atoms with Crippen LogP contribution in [0, 0.1) is 0 Å². The minimum atomic E-state index is -0.201. The molecule has 130 valence electrons. The molecule has 3 heterocycles. The summed E-state index contributed by atoms with van der Waals surface area (Å²) in [7, 11) is 0. The van der Waals surface area contributed by atoms with Gasteiger partial charge < -0.3 is 9.73 Å². The molecule has 0 bridgehead atoms. The quantitative estimate of drug-likeness (QED) is 0.457. The van der Waals surface area contributed by atoms with Crippen LogP contribution in [0.5, 0.6) is 0 Å². The summed E-state index contributed by atoms with van der Waals surface area (Å²) < 4.78 is 8.04. The van der Waals surface area contributed by atoms with Crippen LogP contribution in [0.1, 0.15) is 6.92 Å². The van der Waals surface area contributed by atoms with Crippen LogP contribution in [0.4, 0.5) is 5.69 Å². The van der Waals surface area contributed by atoms with E-state index in [4.69, 9.17) is 16.0 Å². The molecule has 7 nitrogen and oxygen atoms in total. The summed E-state index contributed by atoms with van der Waals surface area (Å²) in [6.45, 7) is 2.63. The van der Waals surface area contributed by atoms with Crippen molar-refractivity contribution in [2.24, 2.45) is 0 Å². The van der Waals surface area contributed by atoms with Gasteiger partial charge in [-0.25, -0.2) is 4.98 Å².